The van der Waals surface area contributed by atoms with Gasteiger partial charge < -0.3 is 11.1 Å². The standard InChI is InChI=1S/C20H26BrN5O/c1-6-15(24-19(27)17-8-7-14(21)10-23-17)9-16(13(2)3)20(4)12-26(5)11-18(22)25-20/h6-10H,1,11-12H2,2-5H3,(H2,22,25)(H,24,27)/b15-9+. The lowest BCUT2D eigenvalue weighted by Crippen LogP contribution is -2.49. The van der Waals surface area contributed by atoms with E-state index >= 15 is 0 Å². The fraction of sp³-hybridized carbons (Fsp3) is 0.350. The predicted octanol–water partition coefficient (Wildman–Crippen LogP) is 3.04. The molecule has 2 rings (SSSR count). The van der Waals surface area contributed by atoms with Gasteiger partial charge in [-0.2, -0.15) is 0 Å². The summed E-state index contributed by atoms with van der Waals surface area (Å²) in [5.41, 5.74) is 8.55. The largest absolute Gasteiger partial charge is 0.386 e. The van der Waals surface area contributed by atoms with Gasteiger partial charge in [-0.15, -0.1) is 0 Å². The first-order chi connectivity index (χ1) is 12.6. The van der Waals surface area contributed by atoms with E-state index in [1.165, 1.54) is 0 Å². The van der Waals surface area contributed by atoms with Gasteiger partial charge in [-0.25, -0.2) is 4.98 Å². The molecular weight excluding hydrogens is 406 g/mol. The zero-order chi connectivity index (χ0) is 20.2. The van der Waals surface area contributed by atoms with Crippen molar-refractivity contribution in [2.24, 2.45) is 10.7 Å². The van der Waals surface area contributed by atoms with Crippen molar-refractivity contribution in [3.05, 3.63) is 64.1 Å². The lowest BCUT2D eigenvalue weighted by atomic mass is 9.86. The van der Waals surface area contributed by atoms with E-state index in [0.717, 1.165) is 22.2 Å². The number of nitrogens with two attached hydrogens (primary N) is 1. The first-order valence-electron chi connectivity index (χ1n) is 8.62. The highest BCUT2D eigenvalue weighted by atomic mass is 79.9. The van der Waals surface area contributed by atoms with Gasteiger partial charge in [0.15, 0.2) is 0 Å². The summed E-state index contributed by atoms with van der Waals surface area (Å²) in [6, 6.07) is 3.43. The Morgan fingerprint density at radius 3 is 2.67 bits per heavy atom. The number of halogens is 1. The molecule has 0 aromatic carbocycles. The molecule has 0 radical (unpaired) electrons. The molecule has 1 aliphatic heterocycles. The van der Waals surface area contributed by atoms with Crippen LogP contribution in [0.15, 0.2) is 63.4 Å². The van der Waals surface area contributed by atoms with Crippen LogP contribution in [0.4, 0.5) is 0 Å². The van der Waals surface area contributed by atoms with Crippen molar-refractivity contribution in [3.8, 4) is 0 Å². The van der Waals surface area contributed by atoms with Crippen LogP contribution < -0.4 is 11.1 Å². The Morgan fingerprint density at radius 1 is 1.44 bits per heavy atom. The van der Waals surface area contributed by atoms with Crippen LogP contribution in [0.2, 0.25) is 0 Å². The number of aliphatic imine (C=N–C) groups is 1. The van der Waals surface area contributed by atoms with Crippen LogP contribution in [0.1, 0.15) is 31.3 Å². The first-order valence-corrected chi connectivity index (χ1v) is 9.41. The number of rotatable bonds is 5. The summed E-state index contributed by atoms with van der Waals surface area (Å²) in [7, 11) is 2.02. The summed E-state index contributed by atoms with van der Waals surface area (Å²) in [4.78, 5) is 23.5. The van der Waals surface area contributed by atoms with Crippen LogP contribution in [-0.4, -0.2) is 47.3 Å². The Labute approximate surface area is 169 Å². The number of carbonyl (C=O) groups excluding carboxylic acids is 1. The highest BCUT2D eigenvalue weighted by Crippen LogP contribution is 2.29. The molecule has 27 heavy (non-hydrogen) atoms. The summed E-state index contributed by atoms with van der Waals surface area (Å²) in [6.07, 6.45) is 5.11. The molecular formula is C20H26BrN5O. The van der Waals surface area contributed by atoms with Crippen molar-refractivity contribution in [2.75, 3.05) is 20.1 Å². The average Bonchev–Trinajstić information content (AvgIpc) is 2.57. The number of likely N-dealkylation sites (N-methyl/N-ethyl adjacent to an activating group) is 1. The second-order valence-electron chi connectivity index (χ2n) is 7.08. The SMILES string of the molecule is C=C/C(=C\C(=C(C)C)C1(C)CN(C)CC(N)=N1)NC(=O)c1ccc(Br)cn1. The monoisotopic (exact) mass is 431 g/mol. The number of aromatic nitrogens is 1. The first kappa shape index (κ1) is 21.1. The molecule has 1 atom stereocenters. The minimum Gasteiger partial charge on any atom is -0.386 e. The number of amides is 1. The van der Waals surface area contributed by atoms with Crippen LogP contribution in [0.5, 0.6) is 0 Å². The van der Waals surface area contributed by atoms with Gasteiger partial charge in [0.1, 0.15) is 11.5 Å². The van der Waals surface area contributed by atoms with E-state index in [-0.39, 0.29) is 5.91 Å². The summed E-state index contributed by atoms with van der Waals surface area (Å²) in [6.45, 7) is 11.3. The van der Waals surface area contributed by atoms with Crippen LogP contribution in [0.25, 0.3) is 0 Å². The second kappa shape index (κ2) is 8.63. The Bertz CT molecular complexity index is 821. The number of amidine groups is 1. The van der Waals surface area contributed by atoms with Gasteiger partial charge in [-0.1, -0.05) is 12.2 Å². The fourth-order valence-electron chi connectivity index (χ4n) is 3.24. The molecule has 1 amide bonds. The molecule has 7 heteroatoms. The van der Waals surface area contributed by atoms with E-state index in [2.05, 4.69) is 37.7 Å². The van der Waals surface area contributed by atoms with Gasteiger partial charge in [0, 0.05) is 22.9 Å². The maximum Gasteiger partial charge on any atom is 0.274 e. The summed E-state index contributed by atoms with van der Waals surface area (Å²) < 4.78 is 0.815. The van der Waals surface area contributed by atoms with E-state index in [1.54, 1.807) is 24.4 Å². The normalized spacial score (nSPS) is 20.6. The Balaban J connectivity index is 2.34. The molecule has 0 fully saturated rings. The molecule has 144 valence electrons. The molecule has 1 aromatic rings. The quantitative estimate of drug-likeness (QED) is 0.701. The smallest absolute Gasteiger partial charge is 0.274 e. The molecule has 0 saturated carbocycles. The number of allylic oxidation sites excluding steroid dienone is 2. The zero-order valence-corrected chi connectivity index (χ0v) is 17.8. The predicted molar refractivity (Wildman–Crippen MR) is 114 cm³/mol. The van der Waals surface area contributed by atoms with E-state index in [4.69, 9.17) is 10.7 Å². The average molecular weight is 432 g/mol. The fourth-order valence-corrected chi connectivity index (χ4v) is 3.47. The highest BCUT2D eigenvalue weighted by molar-refractivity contribution is 9.10. The minimum atomic E-state index is -0.495. The van der Waals surface area contributed by atoms with Gasteiger partial charge in [0.25, 0.3) is 5.91 Å². The lowest BCUT2D eigenvalue weighted by molar-refractivity contribution is 0.0962. The summed E-state index contributed by atoms with van der Waals surface area (Å²) in [5, 5.41) is 2.87. The minimum absolute atomic E-state index is 0.296. The molecule has 0 spiro atoms. The Kier molecular flexibility index (Phi) is 6.73. The van der Waals surface area contributed by atoms with E-state index < -0.39 is 5.54 Å². The van der Waals surface area contributed by atoms with Crippen molar-refractivity contribution >= 4 is 27.7 Å². The Hall–Kier alpha value is -2.25. The summed E-state index contributed by atoms with van der Waals surface area (Å²) >= 11 is 3.31. The molecule has 0 bridgehead atoms. The molecule has 0 aliphatic carbocycles. The van der Waals surface area contributed by atoms with Crippen LogP contribution in [-0.2, 0) is 0 Å². The topological polar surface area (TPSA) is 83.6 Å². The van der Waals surface area contributed by atoms with Gasteiger partial charge in [-0.3, -0.25) is 14.7 Å². The second-order valence-corrected chi connectivity index (χ2v) is 8.00. The third-order valence-corrected chi connectivity index (χ3v) is 4.73. The molecule has 6 nitrogen and oxygen atoms in total. The third kappa shape index (κ3) is 5.37. The Morgan fingerprint density at radius 2 is 2.15 bits per heavy atom. The molecule has 2 heterocycles. The van der Waals surface area contributed by atoms with Crippen LogP contribution >= 0.6 is 15.9 Å². The van der Waals surface area contributed by atoms with Gasteiger partial charge in [0.05, 0.1) is 12.1 Å². The highest BCUT2D eigenvalue weighted by Gasteiger charge is 2.33. The van der Waals surface area contributed by atoms with Crippen LogP contribution in [0, 0.1) is 0 Å². The number of nitrogens with zero attached hydrogens (tertiary/aromatic N) is 3. The van der Waals surface area contributed by atoms with Gasteiger partial charge >= 0.3 is 0 Å². The van der Waals surface area contributed by atoms with Crippen molar-refractivity contribution < 1.29 is 4.79 Å². The third-order valence-electron chi connectivity index (χ3n) is 4.26. The van der Waals surface area contributed by atoms with Gasteiger partial charge in [0.2, 0.25) is 0 Å². The number of hydrogen-bond donors (Lipinski definition) is 2. The maximum absolute atomic E-state index is 12.5. The number of nitrogens with one attached hydrogen (secondary N) is 1. The molecule has 1 aliphatic rings. The number of hydrogen-bond acceptors (Lipinski definition) is 5. The molecule has 1 unspecified atom stereocenters. The molecule has 1 aromatic heterocycles. The van der Waals surface area contributed by atoms with Crippen molar-refractivity contribution in [1.29, 1.82) is 0 Å². The van der Waals surface area contributed by atoms with E-state index in [1.807, 2.05) is 33.9 Å². The number of carbonyl (C=O) groups is 1. The van der Waals surface area contributed by atoms with E-state index in [0.29, 0.717) is 23.8 Å². The van der Waals surface area contributed by atoms with E-state index in [9.17, 15) is 4.79 Å². The lowest BCUT2D eigenvalue weighted by Gasteiger charge is -2.37. The maximum atomic E-state index is 12.5. The van der Waals surface area contributed by atoms with Gasteiger partial charge in [-0.05, 0) is 73.6 Å². The number of pyridine rings is 1. The zero-order valence-electron chi connectivity index (χ0n) is 16.2. The molecule has 0 saturated heterocycles. The van der Waals surface area contributed by atoms with Crippen molar-refractivity contribution in [2.45, 2.75) is 26.3 Å². The van der Waals surface area contributed by atoms with Crippen LogP contribution in [0.3, 0.4) is 0 Å². The summed E-state index contributed by atoms with van der Waals surface area (Å²) in [5.74, 6) is 0.303. The van der Waals surface area contributed by atoms with Crippen molar-refractivity contribution in [3.63, 3.8) is 0 Å². The molecule has 3 N–H and O–H groups in total. The van der Waals surface area contributed by atoms with Crippen molar-refractivity contribution in [1.82, 2.24) is 15.2 Å².